The van der Waals surface area contributed by atoms with Gasteiger partial charge in [0.15, 0.2) is 0 Å². The van der Waals surface area contributed by atoms with Gasteiger partial charge in [0.1, 0.15) is 11.8 Å². The molecule has 0 unspecified atom stereocenters. The van der Waals surface area contributed by atoms with E-state index in [0.29, 0.717) is 31.1 Å². The van der Waals surface area contributed by atoms with Crippen molar-refractivity contribution in [3.63, 3.8) is 0 Å². The van der Waals surface area contributed by atoms with Crippen LogP contribution in [0.4, 0.5) is 5.69 Å². The first kappa shape index (κ1) is 16.5. The number of fused-ring (bicyclic) bond motifs is 1. The number of carbonyl (C=O) groups is 1. The van der Waals surface area contributed by atoms with Gasteiger partial charge in [0.05, 0.1) is 12.2 Å². The van der Waals surface area contributed by atoms with Crippen molar-refractivity contribution in [2.75, 3.05) is 18.0 Å². The van der Waals surface area contributed by atoms with Crippen LogP contribution in [0.2, 0.25) is 0 Å². The molecule has 6 nitrogen and oxygen atoms in total. The Labute approximate surface area is 153 Å². The summed E-state index contributed by atoms with van der Waals surface area (Å²) in [5.41, 5.74) is 5.92. The summed E-state index contributed by atoms with van der Waals surface area (Å²) in [5.74, 6) is 0.567. The van der Waals surface area contributed by atoms with E-state index in [1.807, 2.05) is 17.9 Å². The SMILES string of the molecule is Cc1cc(C)c2c(n1)CN(C(=O)CC1CN(c3ccnc(C#N)c3)C1)C2. The molecule has 0 bridgehead atoms. The molecule has 1 saturated heterocycles. The van der Waals surface area contributed by atoms with Crippen LogP contribution in [-0.2, 0) is 17.9 Å². The zero-order valence-corrected chi connectivity index (χ0v) is 15.1. The van der Waals surface area contributed by atoms with Crippen LogP contribution in [-0.4, -0.2) is 33.9 Å². The summed E-state index contributed by atoms with van der Waals surface area (Å²) in [6.07, 6.45) is 2.23. The van der Waals surface area contributed by atoms with Crippen LogP contribution in [0.1, 0.15) is 34.6 Å². The van der Waals surface area contributed by atoms with Crippen molar-refractivity contribution >= 4 is 11.6 Å². The third-order valence-corrected chi connectivity index (χ3v) is 5.25. The predicted molar refractivity (Wildman–Crippen MR) is 97.2 cm³/mol. The van der Waals surface area contributed by atoms with Gasteiger partial charge in [0.25, 0.3) is 0 Å². The lowest BCUT2D eigenvalue weighted by atomic mass is 9.95. The van der Waals surface area contributed by atoms with Crippen LogP contribution in [0.5, 0.6) is 0 Å². The molecule has 2 aliphatic rings. The minimum atomic E-state index is 0.206. The number of carbonyl (C=O) groups excluding carboxylic acids is 1. The monoisotopic (exact) mass is 347 g/mol. The van der Waals surface area contributed by atoms with Crippen LogP contribution in [0.3, 0.4) is 0 Å². The molecule has 0 radical (unpaired) electrons. The smallest absolute Gasteiger partial charge is 0.223 e. The first-order valence-electron chi connectivity index (χ1n) is 8.88. The molecular formula is C20H21N5O. The highest BCUT2D eigenvalue weighted by Gasteiger charge is 2.33. The van der Waals surface area contributed by atoms with E-state index in [9.17, 15) is 4.79 Å². The number of aryl methyl sites for hydroxylation is 2. The van der Waals surface area contributed by atoms with Gasteiger partial charge in [-0.25, -0.2) is 4.98 Å². The number of nitrogens with zero attached hydrogens (tertiary/aromatic N) is 5. The Morgan fingerprint density at radius 3 is 2.88 bits per heavy atom. The molecule has 0 saturated carbocycles. The largest absolute Gasteiger partial charge is 0.371 e. The minimum Gasteiger partial charge on any atom is -0.371 e. The van der Waals surface area contributed by atoms with Gasteiger partial charge in [-0.15, -0.1) is 0 Å². The van der Waals surface area contributed by atoms with Gasteiger partial charge in [-0.05, 0) is 43.2 Å². The average Bonchev–Trinajstić information content (AvgIpc) is 3.02. The average molecular weight is 347 g/mol. The lowest BCUT2D eigenvalue weighted by Gasteiger charge is -2.41. The third kappa shape index (κ3) is 3.01. The molecule has 0 aliphatic carbocycles. The Morgan fingerprint density at radius 2 is 2.12 bits per heavy atom. The van der Waals surface area contributed by atoms with Crippen molar-refractivity contribution in [3.05, 3.63) is 52.6 Å². The van der Waals surface area contributed by atoms with Gasteiger partial charge in [0.2, 0.25) is 5.91 Å². The molecule has 4 heterocycles. The quantitative estimate of drug-likeness (QED) is 0.852. The van der Waals surface area contributed by atoms with Gasteiger partial charge in [-0.3, -0.25) is 9.78 Å². The predicted octanol–water partition coefficient (Wildman–Crippen LogP) is 2.33. The summed E-state index contributed by atoms with van der Waals surface area (Å²) in [5, 5.41) is 8.95. The van der Waals surface area contributed by atoms with Crippen LogP contribution in [0.25, 0.3) is 0 Å². The molecule has 2 aromatic rings. The van der Waals surface area contributed by atoms with E-state index < -0.39 is 0 Å². The number of rotatable bonds is 3. The van der Waals surface area contributed by atoms with E-state index in [4.69, 9.17) is 5.26 Å². The second kappa shape index (κ2) is 6.41. The Hall–Kier alpha value is -2.94. The van der Waals surface area contributed by atoms with E-state index in [1.165, 1.54) is 11.1 Å². The number of hydrogen-bond acceptors (Lipinski definition) is 5. The van der Waals surface area contributed by atoms with Crippen molar-refractivity contribution in [3.8, 4) is 6.07 Å². The van der Waals surface area contributed by atoms with E-state index in [0.717, 1.165) is 30.2 Å². The summed E-state index contributed by atoms with van der Waals surface area (Å²) in [4.78, 5) is 25.4. The van der Waals surface area contributed by atoms with E-state index in [-0.39, 0.29) is 5.91 Å². The molecule has 6 heteroatoms. The molecule has 26 heavy (non-hydrogen) atoms. The molecular weight excluding hydrogens is 326 g/mol. The first-order chi connectivity index (χ1) is 12.5. The van der Waals surface area contributed by atoms with Gasteiger partial charge in [-0.2, -0.15) is 5.26 Å². The van der Waals surface area contributed by atoms with Crippen molar-refractivity contribution in [1.29, 1.82) is 5.26 Å². The molecule has 132 valence electrons. The standard InChI is InChI=1S/C20H21N5O/c1-13-5-14(2)23-19-12-25(11-18(13)19)20(26)6-15-9-24(10-15)17-3-4-22-16(7-17)8-21/h3-5,7,15H,6,9-12H2,1-2H3. The zero-order chi connectivity index (χ0) is 18.3. The van der Waals surface area contributed by atoms with E-state index >= 15 is 0 Å². The highest BCUT2D eigenvalue weighted by atomic mass is 16.2. The van der Waals surface area contributed by atoms with Crippen LogP contribution in [0, 0.1) is 31.1 Å². The first-order valence-corrected chi connectivity index (χ1v) is 8.88. The molecule has 0 atom stereocenters. The maximum absolute atomic E-state index is 12.7. The molecule has 0 N–H and O–H groups in total. The fourth-order valence-electron chi connectivity index (χ4n) is 3.85. The molecule has 4 rings (SSSR count). The topological polar surface area (TPSA) is 73.1 Å². The molecule has 1 fully saturated rings. The lowest BCUT2D eigenvalue weighted by Crippen LogP contribution is -2.48. The van der Waals surface area contributed by atoms with Gasteiger partial charge >= 0.3 is 0 Å². The third-order valence-electron chi connectivity index (χ3n) is 5.25. The Kier molecular flexibility index (Phi) is 4.08. The van der Waals surface area contributed by atoms with Gasteiger partial charge < -0.3 is 9.80 Å². The van der Waals surface area contributed by atoms with E-state index in [1.54, 1.807) is 12.3 Å². The molecule has 0 aromatic carbocycles. The highest BCUT2D eigenvalue weighted by Crippen LogP contribution is 2.30. The summed E-state index contributed by atoms with van der Waals surface area (Å²) in [7, 11) is 0. The van der Waals surface area contributed by atoms with Crippen molar-refractivity contribution in [1.82, 2.24) is 14.9 Å². The van der Waals surface area contributed by atoms with E-state index in [2.05, 4.69) is 33.9 Å². The number of anilines is 1. The number of hydrogen-bond donors (Lipinski definition) is 0. The number of amides is 1. The molecule has 2 aliphatic heterocycles. The zero-order valence-electron chi connectivity index (χ0n) is 15.1. The van der Waals surface area contributed by atoms with Crippen molar-refractivity contribution in [2.24, 2.45) is 5.92 Å². The Morgan fingerprint density at radius 1 is 1.31 bits per heavy atom. The van der Waals surface area contributed by atoms with Crippen LogP contribution in [0.15, 0.2) is 24.4 Å². The summed E-state index contributed by atoms with van der Waals surface area (Å²) >= 11 is 0. The molecule has 1 amide bonds. The summed E-state index contributed by atoms with van der Waals surface area (Å²) in [6, 6.07) is 7.85. The van der Waals surface area contributed by atoms with Crippen LogP contribution < -0.4 is 4.90 Å². The second-order valence-corrected chi connectivity index (χ2v) is 7.24. The lowest BCUT2D eigenvalue weighted by molar-refractivity contribution is -0.133. The fraction of sp³-hybridized carbons (Fsp3) is 0.400. The van der Waals surface area contributed by atoms with Crippen molar-refractivity contribution in [2.45, 2.75) is 33.4 Å². The molecule has 0 spiro atoms. The maximum atomic E-state index is 12.7. The highest BCUT2D eigenvalue weighted by molar-refractivity contribution is 5.77. The summed E-state index contributed by atoms with van der Waals surface area (Å²) in [6.45, 7) is 7.09. The number of aromatic nitrogens is 2. The van der Waals surface area contributed by atoms with Crippen molar-refractivity contribution < 1.29 is 4.79 Å². The number of nitriles is 1. The maximum Gasteiger partial charge on any atom is 0.223 e. The number of pyridine rings is 2. The summed E-state index contributed by atoms with van der Waals surface area (Å²) < 4.78 is 0. The normalized spacial score (nSPS) is 16.2. The fourth-order valence-corrected chi connectivity index (χ4v) is 3.85. The van der Waals surface area contributed by atoms with Gasteiger partial charge in [0, 0.05) is 49.6 Å². The minimum absolute atomic E-state index is 0.206. The van der Waals surface area contributed by atoms with Gasteiger partial charge in [-0.1, -0.05) is 0 Å². The second-order valence-electron chi connectivity index (χ2n) is 7.24. The molecule has 2 aromatic heterocycles. The Balaban J connectivity index is 1.33. The van der Waals surface area contributed by atoms with Crippen LogP contribution >= 0.6 is 0 Å². The Bertz CT molecular complexity index is 911.